The first-order chi connectivity index (χ1) is 13.2. The molecule has 2 aromatic rings. The maximum absolute atomic E-state index is 12.3. The standard InChI is InChI=1S/C21H24N2O4/c1-26-18-11-7-17(8-12-18)22-21(25)16-5-9-19(10-6-16)27-15-20(24)23-13-3-2-4-14-23/h5-12H,2-4,13-15H2,1H3,(H,22,25). The lowest BCUT2D eigenvalue weighted by Crippen LogP contribution is -2.38. The number of carbonyl (C=O) groups excluding carboxylic acids is 2. The van der Waals surface area contributed by atoms with Crippen molar-refractivity contribution in [2.24, 2.45) is 0 Å². The monoisotopic (exact) mass is 368 g/mol. The van der Waals surface area contributed by atoms with Gasteiger partial charge in [0.1, 0.15) is 11.5 Å². The number of piperidine rings is 1. The van der Waals surface area contributed by atoms with E-state index in [0.717, 1.165) is 31.7 Å². The normalized spacial score (nSPS) is 13.7. The van der Waals surface area contributed by atoms with E-state index < -0.39 is 0 Å². The Morgan fingerprint density at radius 1 is 0.926 bits per heavy atom. The van der Waals surface area contributed by atoms with E-state index in [2.05, 4.69) is 5.32 Å². The van der Waals surface area contributed by atoms with Crippen LogP contribution in [0.3, 0.4) is 0 Å². The van der Waals surface area contributed by atoms with E-state index in [4.69, 9.17) is 9.47 Å². The summed E-state index contributed by atoms with van der Waals surface area (Å²) in [6.45, 7) is 1.65. The Morgan fingerprint density at radius 3 is 2.19 bits per heavy atom. The third-order valence-electron chi connectivity index (χ3n) is 4.54. The highest BCUT2D eigenvalue weighted by atomic mass is 16.5. The van der Waals surface area contributed by atoms with Crippen LogP contribution in [0.5, 0.6) is 11.5 Å². The number of benzene rings is 2. The Labute approximate surface area is 159 Å². The van der Waals surface area contributed by atoms with E-state index >= 15 is 0 Å². The molecule has 0 bridgehead atoms. The Balaban J connectivity index is 1.51. The van der Waals surface area contributed by atoms with Gasteiger partial charge in [-0.15, -0.1) is 0 Å². The lowest BCUT2D eigenvalue weighted by atomic mass is 10.1. The Kier molecular flexibility index (Phi) is 6.30. The number of amides is 2. The minimum atomic E-state index is -0.212. The van der Waals surface area contributed by atoms with Crippen molar-refractivity contribution in [3.8, 4) is 11.5 Å². The van der Waals surface area contributed by atoms with Gasteiger partial charge in [0.2, 0.25) is 0 Å². The maximum Gasteiger partial charge on any atom is 0.260 e. The molecule has 27 heavy (non-hydrogen) atoms. The summed E-state index contributed by atoms with van der Waals surface area (Å²) in [4.78, 5) is 26.3. The van der Waals surface area contributed by atoms with Crippen LogP contribution in [0.25, 0.3) is 0 Å². The molecule has 0 aliphatic carbocycles. The Hall–Kier alpha value is -3.02. The molecule has 1 aliphatic heterocycles. The van der Waals surface area contributed by atoms with E-state index in [9.17, 15) is 9.59 Å². The minimum Gasteiger partial charge on any atom is -0.497 e. The molecule has 0 atom stereocenters. The molecular formula is C21H24N2O4. The molecule has 0 unspecified atom stereocenters. The maximum atomic E-state index is 12.3. The van der Waals surface area contributed by atoms with Crippen LogP contribution in [-0.2, 0) is 4.79 Å². The van der Waals surface area contributed by atoms with Gasteiger partial charge in [0.15, 0.2) is 6.61 Å². The van der Waals surface area contributed by atoms with E-state index in [1.54, 1.807) is 55.6 Å². The predicted octanol–water partition coefficient (Wildman–Crippen LogP) is 3.34. The highest BCUT2D eigenvalue weighted by Crippen LogP contribution is 2.17. The van der Waals surface area contributed by atoms with Gasteiger partial charge >= 0.3 is 0 Å². The molecule has 0 spiro atoms. The number of hydrogen-bond donors (Lipinski definition) is 1. The third-order valence-corrected chi connectivity index (χ3v) is 4.54. The van der Waals surface area contributed by atoms with Gasteiger partial charge in [-0.25, -0.2) is 0 Å². The van der Waals surface area contributed by atoms with E-state index in [-0.39, 0.29) is 18.4 Å². The third kappa shape index (κ3) is 5.23. The summed E-state index contributed by atoms with van der Waals surface area (Å²) in [5, 5.41) is 2.83. The Morgan fingerprint density at radius 2 is 1.56 bits per heavy atom. The van der Waals surface area contributed by atoms with Crippen LogP contribution in [-0.4, -0.2) is 43.5 Å². The number of nitrogens with one attached hydrogen (secondary N) is 1. The molecule has 0 aromatic heterocycles. The summed E-state index contributed by atoms with van der Waals surface area (Å²) in [7, 11) is 1.59. The van der Waals surface area contributed by atoms with Crippen molar-refractivity contribution >= 4 is 17.5 Å². The summed E-state index contributed by atoms with van der Waals surface area (Å²) in [5.41, 5.74) is 1.20. The molecule has 6 nitrogen and oxygen atoms in total. The second kappa shape index (κ2) is 9.07. The highest BCUT2D eigenvalue weighted by molar-refractivity contribution is 6.04. The number of ether oxygens (including phenoxy) is 2. The fourth-order valence-electron chi connectivity index (χ4n) is 2.96. The minimum absolute atomic E-state index is 0.0102. The lowest BCUT2D eigenvalue weighted by molar-refractivity contribution is -0.134. The zero-order valence-corrected chi connectivity index (χ0v) is 15.4. The largest absolute Gasteiger partial charge is 0.497 e. The van der Waals surface area contributed by atoms with Crippen molar-refractivity contribution in [3.63, 3.8) is 0 Å². The summed E-state index contributed by atoms with van der Waals surface area (Å²) < 4.78 is 10.7. The number of rotatable bonds is 6. The number of anilines is 1. The number of hydrogen-bond acceptors (Lipinski definition) is 4. The molecule has 1 heterocycles. The van der Waals surface area contributed by atoms with Gasteiger partial charge in [-0.1, -0.05) is 0 Å². The van der Waals surface area contributed by atoms with Gasteiger partial charge in [0.05, 0.1) is 7.11 Å². The smallest absolute Gasteiger partial charge is 0.260 e. The summed E-state index contributed by atoms with van der Waals surface area (Å²) in [6, 6.07) is 13.9. The van der Waals surface area contributed by atoms with Crippen LogP contribution in [0.15, 0.2) is 48.5 Å². The van der Waals surface area contributed by atoms with Gasteiger partial charge in [0, 0.05) is 24.3 Å². The topological polar surface area (TPSA) is 67.9 Å². The summed E-state index contributed by atoms with van der Waals surface area (Å²) >= 11 is 0. The van der Waals surface area contributed by atoms with Crippen molar-refractivity contribution in [2.75, 3.05) is 32.1 Å². The average molecular weight is 368 g/mol. The van der Waals surface area contributed by atoms with Gasteiger partial charge in [0.25, 0.3) is 11.8 Å². The molecule has 2 aromatic carbocycles. The quantitative estimate of drug-likeness (QED) is 0.849. The summed E-state index contributed by atoms with van der Waals surface area (Å²) in [5.74, 6) is 1.10. The SMILES string of the molecule is COc1ccc(NC(=O)c2ccc(OCC(=O)N3CCCCC3)cc2)cc1. The first-order valence-corrected chi connectivity index (χ1v) is 9.12. The molecule has 1 fully saturated rings. The Bertz CT molecular complexity index is 766. The predicted molar refractivity (Wildman–Crippen MR) is 103 cm³/mol. The van der Waals surface area contributed by atoms with E-state index in [1.807, 2.05) is 4.90 Å². The van der Waals surface area contributed by atoms with E-state index in [0.29, 0.717) is 17.0 Å². The first-order valence-electron chi connectivity index (χ1n) is 9.12. The van der Waals surface area contributed by atoms with Gasteiger partial charge in [-0.2, -0.15) is 0 Å². The molecule has 1 aliphatic rings. The molecule has 3 rings (SSSR count). The fourth-order valence-corrected chi connectivity index (χ4v) is 2.96. The van der Waals surface area contributed by atoms with E-state index in [1.165, 1.54) is 6.42 Å². The van der Waals surface area contributed by atoms with Crippen LogP contribution >= 0.6 is 0 Å². The molecule has 1 saturated heterocycles. The lowest BCUT2D eigenvalue weighted by Gasteiger charge is -2.26. The number of likely N-dealkylation sites (tertiary alicyclic amines) is 1. The first kappa shape index (κ1) is 18.8. The van der Waals surface area contributed by atoms with Crippen LogP contribution in [0, 0.1) is 0 Å². The van der Waals surface area contributed by atoms with Crippen LogP contribution in [0.2, 0.25) is 0 Å². The second-order valence-electron chi connectivity index (χ2n) is 6.44. The zero-order valence-electron chi connectivity index (χ0n) is 15.4. The molecule has 0 saturated carbocycles. The van der Waals surface area contributed by atoms with Crippen LogP contribution < -0.4 is 14.8 Å². The van der Waals surface area contributed by atoms with Crippen molar-refractivity contribution in [1.29, 1.82) is 0 Å². The van der Waals surface area contributed by atoms with Crippen molar-refractivity contribution in [3.05, 3.63) is 54.1 Å². The highest BCUT2D eigenvalue weighted by Gasteiger charge is 2.16. The van der Waals surface area contributed by atoms with Crippen molar-refractivity contribution in [2.45, 2.75) is 19.3 Å². The molecule has 142 valence electrons. The second-order valence-corrected chi connectivity index (χ2v) is 6.44. The van der Waals surface area contributed by atoms with Gasteiger partial charge < -0.3 is 19.7 Å². The molecule has 2 amide bonds. The summed E-state index contributed by atoms with van der Waals surface area (Å²) in [6.07, 6.45) is 3.30. The molecular weight excluding hydrogens is 344 g/mol. The zero-order chi connectivity index (χ0) is 19.1. The van der Waals surface area contributed by atoms with Gasteiger partial charge in [-0.3, -0.25) is 9.59 Å². The fraction of sp³-hybridized carbons (Fsp3) is 0.333. The number of carbonyl (C=O) groups is 2. The molecule has 1 N–H and O–H groups in total. The van der Waals surface area contributed by atoms with Crippen molar-refractivity contribution in [1.82, 2.24) is 4.90 Å². The molecule has 6 heteroatoms. The molecule has 0 radical (unpaired) electrons. The van der Waals surface area contributed by atoms with Gasteiger partial charge in [-0.05, 0) is 67.8 Å². The number of nitrogens with zero attached hydrogens (tertiary/aromatic N) is 1. The van der Waals surface area contributed by atoms with Crippen LogP contribution in [0.1, 0.15) is 29.6 Å². The number of methoxy groups -OCH3 is 1. The average Bonchev–Trinajstić information content (AvgIpc) is 2.73. The van der Waals surface area contributed by atoms with Crippen LogP contribution in [0.4, 0.5) is 5.69 Å². The van der Waals surface area contributed by atoms with Crippen molar-refractivity contribution < 1.29 is 19.1 Å².